The number of hydrogen-bond donors (Lipinski definition) is 2. The fourth-order valence-corrected chi connectivity index (χ4v) is 1.55. The number of likely N-dealkylation sites (N-methyl/N-ethyl adjacent to an activating group) is 1. The number of hydrogen-bond acceptors (Lipinski definition) is 3. The molecule has 0 bridgehead atoms. The van der Waals surface area contributed by atoms with Crippen LogP contribution >= 0.6 is 0 Å². The zero-order chi connectivity index (χ0) is 8.55. The van der Waals surface area contributed by atoms with E-state index in [0.29, 0.717) is 5.75 Å². The van der Waals surface area contributed by atoms with Gasteiger partial charge < -0.3 is 15.3 Å². The first kappa shape index (κ1) is 7.28. The van der Waals surface area contributed by atoms with Crippen molar-refractivity contribution < 1.29 is 5.11 Å². The van der Waals surface area contributed by atoms with Crippen molar-refractivity contribution in [1.29, 1.82) is 0 Å². The molecule has 0 spiro atoms. The normalized spacial score (nSPS) is 15.2. The smallest absolute Gasteiger partial charge is 0.141 e. The van der Waals surface area contributed by atoms with E-state index in [1.165, 1.54) is 0 Å². The molecule has 0 saturated carbocycles. The summed E-state index contributed by atoms with van der Waals surface area (Å²) in [5.41, 5.74) is 1.92. The predicted molar refractivity (Wildman–Crippen MR) is 49.9 cm³/mol. The lowest BCUT2D eigenvalue weighted by Gasteiger charge is -2.28. The van der Waals surface area contributed by atoms with Gasteiger partial charge in [-0.05, 0) is 12.1 Å². The van der Waals surface area contributed by atoms with Gasteiger partial charge in [0.05, 0.1) is 5.69 Å². The highest BCUT2D eigenvalue weighted by molar-refractivity contribution is 5.77. The van der Waals surface area contributed by atoms with Crippen molar-refractivity contribution in [3.05, 3.63) is 18.2 Å². The maximum Gasteiger partial charge on any atom is 0.141 e. The molecule has 3 nitrogen and oxygen atoms in total. The molecule has 1 aromatic carbocycles. The van der Waals surface area contributed by atoms with Crippen LogP contribution in [-0.2, 0) is 0 Å². The van der Waals surface area contributed by atoms with Crippen LogP contribution in [0.5, 0.6) is 5.75 Å². The van der Waals surface area contributed by atoms with Crippen molar-refractivity contribution in [2.75, 3.05) is 30.4 Å². The van der Waals surface area contributed by atoms with E-state index < -0.39 is 0 Å². The van der Waals surface area contributed by atoms with Gasteiger partial charge >= 0.3 is 0 Å². The fourth-order valence-electron chi connectivity index (χ4n) is 1.55. The van der Waals surface area contributed by atoms with Crippen LogP contribution in [0.25, 0.3) is 0 Å². The number of nitrogens with zero attached hydrogens (tertiary/aromatic N) is 1. The first-order valence-corrected chi connectivity index (χ1v) is 4.06. The van der Waals surface area contributed by atoms with Gasteiger partial charge in [0.1, 0.15) is 11.4 Å². The summed E-state index contributed by atoms with van der Waals surface area (Å²) in [5, 5.41) is 12.8. The van der Waals surface area contributed by atoms with Gasteiger partial charge in [0, 0.05) is 20.1 Å². The Kier molecular flexibility index (Phi) is 1.57. The van der Waals surface area contributed by atoms with Gasteiger partial charge in [-0.3, -0.25) is 0 Å². The summed E-state index contributed by atoms with van der Waals surface area (Å²) in [4.78, 5) is 2.06. The molecular weight excluding hydrogens is 152 g/mol. The second kappa shape index (κ2) is 2.59. The molecule has 0 amide bonds. The first-order chi connectivity index (χ1) is 5.79. The van der Waals surface area contributed by atoms with Crippen LogP contribution in [0, 0.1) is 0 Å². The molecule has 0 unspecified atom stereocenters. The van der Waals surface area contributed by atoms with Gasteiger partial charge in [-0.2, -0.15) is 0 Å². The molecule has 1 aliphatic rings. The zero-order valence-electron chi connectivity index (χ0n) is 7.04. The van der Waals surface area contributed by atoms with Crippen LogP contribution < -0.4 is 10.2 Å². The molecule has 64 valence electrons. The molecule has 0 aromatic heterocycles. The van der Waals surface area contributed by atoms with E-state index in [-0.39, 0.29) is 0 Å². The van der Waals surface area contributed by atoms with Crippen molar-refractivity contribution in [1.82, 2.24) is 0 Å². The minimum atomic E-state index is 0.349. The third kappa shape index (κ3) is 0.978. The number of para-hydroxylation sites is 1. The molecule has 2 N–H and O–H groups in total. The minimum absolute atomic E-state index is 0.349. The van der Waals surface area contributed by atoms with Crippen LogP contribution in [0.4, 0.5) is 11.4 Å². The molecular formula is C9H12N2O. The summed E-state index contributed by atoms with van der Waals surface area (Å²) in [6.07, 6.45) is 0. The van der Waals surface area contributed by atoms with Gasteiger partial charge in [0.25, 0.3) is 0 Å². The number of nitrogens with one attached hydrogen (secondary N) is 1. The van der Waals surface area contributed by atoms with Crippen molar-refractivity contribution in [2.24, 2.45) is 0 Å². The highest BCUT2D eigenvalue weighted by Gasteiger charge is 2.15. The van der Waals surface area contributed by atoms with E-state index in [4.69, 9.17) is 0 Å². The molecule has 1 heterocycles. The zero-order valence-corrected chi connectivity index (χ0v) is 7.04. The molecule has 2 rings (SSSR count). The predicted octanol–water partition coefficient (Wildman–Crippen LogP) is 1.25. The Labute approximate surface area is 71.6 Å². The van der Waals surface area contributed by atoms with Crippen molar-refractivity contribution in [3.8, 4) is 5.75 Å². The summed E-state index contributed by atoms with van der Waals surface area (Å²) in [6, 6.07) is 5.54. The number of phenolic OH excluding ortho intramolecular Hbond substituents is 1. The Morgan fingerprint density at radius 2 is 2.33 bits per heavy atom. The molecule has 0 aliphatic carbocycles. The van der Waals surface area contributed by atoms with Crippen LogP contribution in [0.1, 0.15) is 0 Å². The van der Waals surface area contributed by atoms with Gasteiger partial charge in [-0.25, -0.2) is 0 Å². The van der Waals surface area contributed by atoms with Crippen LogP contribution in [0.3, 0.4) is 0 Å². The summed E-state index contributed by atoms with van der Waals surface area (Å²) in [6.45, 7) is 1.87. The number of rotatable bonds is 0. The summed E-state index contributed by atoms with van der Waals surface area (Å²) in [7, 11) is 1.99. The van der Waals surface area contributed by atoms with E-state index >= 15 is 0 Å². The van der Waals surface area contributed by atoms with Gasteiger partial charge in [0.15, 0.2) is 0 Å². The Morgan fingerprint density at radius 1 is 1.50 bits per heavy atom. The maximum absolute atomic E-state index is 9.55. The summed E-state index contributed by atoms with van der Waals surface area (Å²) in [5.74, 6) is 0.349. The third-order valence-electron chi connectivity index (χ3n) is 2.16. The van der Waals surface area contributed by atoms with Crippen LogP contribution in [-0.4, -0.2) is 25.2 Å². The summed E-state index contributed by atoms with van der Waals surface area (Å²) >= 11 is 0. The van der Waals surface area contributed by atoms with Gasteiger partial charge in [-0.15, -0.1) is 0 Å². The Morgan fingerprint density at radius 3 is 3.08 bits per heavy atom. The van der Waals surface area contributed by atoms with Crippen LogP contribution in [0.15, 0.2) is 18.2 Å². The SMILES string of the molecule is CN1CCNc2cccc(O)c21. The lowest BCUT2D eigenvalue weighted by atomic mass is 10.2. The molecule has 12 heavy (non-hydrogen) atoms. The topological polar surface area (TPSA) is 35.5 Å². The molecule has 0 fully saturated rings. The average molecular weight is 164 g/mol. The summed E-state index contributed by atoms with van der Waals surface area (Å²) < 4.78 is 0. The lowest BCUT2D eigenvalue weighted by Crippen LogP contribution is -2.30. The second-order valence-electron chi connectivity index (χ2n) is 3.02. The monoisotopic (exact) mass is 164 g/mol. The number of benzene rings is 1. The highest BCUT2D eigenvalue weighted by Crippen LogP contribution is 2.35. The van der Waals surface area contributed by atoms with Crippen molar-refractivity contribution >= 4 is 11.4 Å². The second-order valence-corrected chi connectivity index (χ2v) is 3.02. The molecule has 0 saturated heterocycles. The van der Waals surface area contributed by atoms with Gasteiger partial charge in [-0.1, -0.05) is 6.07 Å². The quantitative estimate of drug-likeness (QED) is 0.606. The van der Waals surface area contributed by atoms with E-state index in [1.807, 2.05) is 19.2 Å². The Balaban J connectivity index is 2.53. The molecule has 0 atom stereocenters. The molecule has 1 aliphatic heterocycles. The average Bonchev–Trinajstić information content (AvgIpc) is 2.04. The number of fused-ring (bicyclic) bond motifs is 1. The maximum atomic E-state index is 9.55. The number of anilines is 2. The Bertz CT molecular complexity index is 299. The third-order valence-corrected chi connectivity index (χ3v) is 2.16. The largest absolute Gasteiger partial charge is 0.506 e. The Hall–Kier alpha value is -1.38. The number of aromatic hydroxyl groups is 1. The molecule has 3 heteroatoms. The lowest BCUT2D eigenvalue weighted by molar-refractivity contribution is 0.474. The fraction of sp³-hybridized carbons (Fsp3) is 0.333. The highest BCUT2D eigenvalue weighted by atomic mass is 16.3. The minimum Gasteiger partial charge on any atom is -0.506 e. The first-order valence-electron chi connectivity index (χ1n) is 4.06. The molecule has 0 radical (unpaired) electrons. The van der Waals surface area contributed by atoms with Crippen molar-refractivity contribution in [2.45, 2.75) is 0 Å². The number of phenols is 1. The standard InChI is InChI=1S/C9H12N2O/c1-11-6-5-10-7-3-2-4-8(12)9(7)11/h2-4,10,12H,5-6H2,1H3. The van der Waals surface area contributed by atoms with E-state index in [0.717, 1.165) is 24.5 Å². The molecule has 1 aromatic rings. The van der Waals surface area contributed by atoms with Crippen LogP contribution in [0.2, 0.25) is 0 Å². The van der Waals surface area contributed by atoms with Gasteiger partial charge in [0.2, 0.25) is 0 Å². The van der Waals surface area contributed by atoms with E-state index in [1.54, 1.807) is 6.07 Å². The van der Waals surface area contributed by atoms with E-state index in [9.17, 15) is 5.11 Å². The van der Waals surface area contributed by atoms with E-state index in [2.05, 4.69) is 10.2 Å². The van der Waals surface area contributed by atoms with Crippen molar-refractivity contribution in [3.63, 3.8) is 0 Å².